The van der Waals surface area contributed by atoms with Crippen LogP contribution in [-0.4, -0.2) is 37.2 Å². The van der Waals surface area contributed by atoms with Gasteiger partial charge in [-0.15, -0.1) is 0 Å². The fraction of sp³-hybridized carbons (Fsp3) is 0.800. The van der Waals surface area contributed by atoms with Gasteiger partial charge < -0.3 is 14.2 Å². The van der Waals surface area contributed by atoms with Crippen LogP contribution < -0.4 is 0 Å². The first-order valence-electron chi connectivity index (χ1n) is 26.2. The van der Waals surface area contributed by atoms with E-state index in [1.807, 2.05) is 0 Å². The summed E-state index contributed by atoms with van der Waals surface area (Å²) in [7, 11) is 0. The minimum atomic E-state index is -0.783. The van der Waals surface area contributed by atoms with E-state index < -0.39 is 6.10 Å². The van der Waals surface area contributed by atoms with E-state index in [1.165, 1.54) is 148 Å². The van der Waals surface area contributed by atoms with Crippen LogP contribution in [0.4, 0.5) is 0 Å². The Bertz CT molecular complexity index is 1070. The predicted molar refractivity (Wildman–Crippen MR) is 261 cm³/mol. The van der Waals surface area contributed by atoms with E-state index >= 15 is 0 Å². The van der Waals surface area contributed by atoms with Crippen molar-refractivity contribution in [1.29, 1.82) is 0 Å². The second-order valence-corrected chi connectivity index (χ2v) is 17.5. The van der Waals surface area contributed by atoms with E-state index in [-0.39, 0.29) is 31.1 Å². The molecule has 354 valence electrons. The molecule has 0 aliphatic heterocycles. The fourth-order valence-corrected chi connectivity index (χ4v) is 7.29. The maximum absolute atomic E-state index is 12.8. The minimum Gasteiger partial charge on any atom is -0.462 e. The zero-order valence-corrected chi connectivity index (χ0v) is 40.4. The van der Waals surface area contributed by atoms with Crippen LogP contribution >= 0.6 is 0 Å². The van der Waals surface area contributed by atoms with Crippen molar-refractivity contribution < 1.29 is 28.6 Å². The molecule has 0 amide bonds. The molecule has 6 heteroatoms. The summed E-state index contributed by atoms with van der Waals surface area (Å²) in [5.74, 6) is -0.907. The first kappa shape index (κ1) is 58.4. The van der Waals surface area contributed by atoms with Crippen LogP contribution in [0.1, 0.15) is 265 Å². The molecule has 0 aromatic heterocycles. The Morgan fingerprint density at radius 1 is 0.328 bits per heavy atom. The minimum absolute atomic E-state index is 0.0827. The Labute approximate surface area is 378 Å². The topological polar surface area (TPSA) is 78.9 Å². The summed E-state index contributed by atoms with van der Waals surface area (Å²) in [6.07, 6.45) is 59.5. The number of esters is 3. The number of ether oxygens (including phenoxy) is 3. The summed E-state index contributed by atoms with van der Waals surface area (Å²) in [6, 6.07) is 0. The molecule has 6 nitrogen and oxygen atoms in total. The maximum atomic E-state index is 12.8. The van der Waals surface area contributed by atoms with E-state index in [0.29, 0.717) is 19.3 Å². The van der Waals surface area contributed by atoms with Gasteiger partial charge >= 0.3 is 17.9 Å². The largest absolute Gasteiger partial charge is 0.462 e. The number of allylic oxidation sites excluding steroid dienone is 8. The van der Waals surface area contributed by atoms with Gasteiger partial charge in [0, 0.05) is 19.3 Å². The molecule has 1 atom stereocenters. The Morgan fingerprint density at radius 2 is 0.607 bits per heavy atom. The third-order valence-electron chi connectivity index (χ3n) is 11.3. The quantitative estimate of drug-likeness (QED) is 0.0199. The van der Waals surface area contributed by atoms with Gasteiger partial charge in [0.15, 0.2) is 6.10 Å². The SMILES string of the molecule is CCCC/C=C\CCCCCCCC(=O)OCC(COC(=O)CCCCCCCCCCCC/C=C\C=C/CCCCC)OC(=O)CCCCC/C=C\CCCCCCCC. The molecule has 0 spiro atoms. The Hall–Kier alpha value is -2.63. The van der Waals surface area contributed by atoms with E-state index in [2.05, 4.69) is 69.4 Å². The van der Waals surface area contributed by atoms with Crippen LogP contribution in [0.5, 0.6) is 0 Å². The number of hydrogen-bond acceptors (Lipinski definition) is 6. The van der Waals surface area contributed by atoms with Crippen molar-refractivity contribution in [3.8, 4) is 0 Å². The van der Waals surface area contributed by atoms with E-state index in [0.717, 1.165) is 77.0 Å². The Morgan fingerprint density at radius 3 is 1.02 bits per heavy atom. The highest BCUT2D eigenvalue weighted by Crippen LogP contribution is 2.15. The van der Waals surface area contributed by atoms with Crippen molar-refractivity contribution in [3.05, 3.63) is 48.6 Å². The lowest BCUT2D eigenvalue weighted by atomic mass is 10.1. The average molecular weight is 855 g/mol. The predicted octanol–water partition coefficient (Wildman–Crippen LogP) is 17.1. The zero-order chi connectivity index (χ0) is 44.4. The molecular weight excluding hydrogens is 757 g/mol. The zero-order valence-electron chi connectivity index (χ0n) is 40.4. The summed E-state index contributed by atoms with van der Waals surface area (Å²) >= 11 is 0. The summed E-state index contributed by atoms with van der Waals surface area (Å²) < 4.78 is 16.8. The Kier molecular flexibility index (Phi) is 47.9. The highest BCUT2D eigenvalue weighted by atomic mass is 16.6. The molecule has 61 heavy (non-hydrogen) atoms. The molecular formula is C55H98O6. The van der Waals surface area contributed by atoms with Crippen molar-refractivity contribution >= 4 is 17.9 Å². The van der Waals surface area contributed by atoms with E-state index in [4.69, 9.17) is 14.2 Å². The molecule has 0 aliphatic rings. The molecule has 0 saturated carbocycles. The van der Waals surface area contributed by atoms with Crippen molar-refractivity contribution in [1.82, 2.24) is 0 Å². The molecule has 0 radical (unpaired) electrons. The van der Waals surface area contributed by atoms with Gasteiger partial charge in [-0.25, -0.2) is 0 Å². The maximum Gasteiger partial charge on any atom is 0.306 e. The van der Waals surface area contributed by atoms with Crippen LogP contribution in [0.15, 0.2) is 48.6 Å². The summed E-state index contributed by atoms with van der Waals surface area (Å²) in [6.45, 7) is 6.55. The van der Waals surface area contributed by atoms with Crippen LogP contribution in [0, 0.1) is 0 Å². The molecule has 0 aliphatic carbocycles. The summed E-state index contributed by atoms with van der Waals surface area (Å²) in [5, 5.41) is 0. The van der Waals surface area contributed by atoms with Crippen LogP contribution in [0.25, 0.3) is 0 Å². The molecule has 0 aromatic rings. The van der Waals surface area contributed by atoms with Gasteiger partial charge in [-0.3, -0.25) is 14.4 Å². The monoisotopic (exact) mass is 855 g/mol. The van der Waals surface area contributed by atoms with Gasteiger partial charge in [0.05, 0.1) is 0 Å². The third kappa shape index (κ3) is 48.3. The molecule has 0 saturated heterocycles. The lowest BCUT2D eigenvalue weighted by molar-refractivity contribution is -0.167. The number of hydrogen-bond donors (Lipinski definition) is 0. The van der Waals surface area contributed by atoms with Crippen molar-refractivity contribution in [2.75, 3.05) is 13.2 Å². The highest BCUT2D eigenvalue weighted by molar-refractivity contribution is 5.71. The number of rotatable bonds is 47. The standard InChI is InChI=1S/C55H98O6/c1-4-7-10-13-16-19-22-24-25-26-27-28-29-31-33-36-39-42-45-48-54(57)60-51-52(50-59-53(56)47-44-41-38-35-32-21-18-15-12-9-6-3)61-55(58)49-46-43-40-37-34-30-23-20-17-14-11-8-5-2/h15-16,18-19,22,24,30,34,52H,4-14,17,20-21,23,25-29,31-33,35-51H2,1-3H3/b18-15-,19-16-,24-22-,34-30-. The first-order chi connectivity index (χ1) is 30.0. The second-order valence-electron chi connectivity index (χ2n) is 17.5. The van der Waals surface area contributed by atoms with Crippen LogP contribution in [-0.2, 0) is 28.6 Å². The van der Waals surface area contributed by atoms with E-state index in [9.17, 15) is 14.4 Å². The number of unbranched alkanes of at least 4 members (excludes halogenated alkanes) is 29. The van der Waals surface area contributed by atoms with Gasteiger partial charge in [0.2, 0.25) is 0 Å². The fourth-order valence-electron chi connectivity index (χ4n) is 7.29. The van der Waals surface area contributed by atoms with Gasteiger partial charge in [-0.2, -0.15) is 0 Å². The smallest absolute Gasteiger partial charge is 0.306 e. The summed E-state index contributed by atoms with van der Waals surface area (Å²) in [4.78, 5) is 37.9. The van der Waals surface area contributed by atoms with E-state index in [1.54, 1.807) is 0 Å². The number of carbonyl (C=O) groups excluding carboxylic acids is 3. The van der Waals surface area contributed by atoms with Gasteiger partial charge in [-0.05, 0) is 89.9 Å². The molecule has 0 aromatic carbocycles. The van der Waals surface area contributed by atoms with Crippen LogP contribution in [0.2, 0.25) is 0 Å². The molecule has 0 heterocycles. The lowest BCUT2D eigenvalue weighted by Crippen LogP contribution is -2.30. The summed E-state index contributed by atoms with van der Waals surface area (Å²) in [5.41, 5.74) is 0. The molecule has 1 unspecified atom stereocenters. The van der Waals surface area contributed by atoms with Gasteiger partial charge in [0.1, 0.15) is 13.2 Å². The molecule has 0 rings (SSSR count). The molecule has 0 fully saturated rings. The molecule has 0 bridgehead atoms. The van der Waals surface area contributed by atoms with Gasteiger partial charge in [0.25, 0.3) is 0 Å². The van der Waals surface area contributed by atoms with Crippen molar-refractivity contribution in [3.63, 3.8) is 0 Å². The Balaban J connectivity index is 4.34. The van der Waals surface area contributed by atoms with Crippen molar-refractivity contribution in [2.45, 2.75) is 271 Å². The van der Waals surface area contributed by atoms with Crippen molar-refractivity contribution in [2.24, 2.45) is 0 Å². The van der Waals surface area contributed by atoms with Gasteiger partial charge in [-0.1, -0.05) is 204 Å². The molecule has 0 N–H and O–H groups in total. The third-order valence-corrected chi connectivity index (χ3v) is 11.3. The second kappa shape index (κ2) is 50.0. The average Bonchev–Trinajstić information content (AvgIpc) is 3.26. The normalized spacial score (nSPS) is 12.4. The highest BCUT2D eigenvalue weighted by Gasteiger charge is 2.19. The first-order valence-corrected chi connectivity index (χ1v) is 26.2. The van der Waals surface area contributed by atoms with Crippen LogP contribution in [0.3, 0.4) is 0 Å². The number of carbonyl (C=O) groups is 3. The lowest BCUT2D eigenvalue weighted by Gasteiger charge is -2.18.